The standard InChI is InChI=1S/C27H30N6O4/c1-17-13-18(9-11-28-17)21-7-8-22-25(29-21)33(19-10-12-32(22)14-19)26(34)31-23-5-4-6-24(30-23)35-15-20-16-36-27(2,3)37-20/h4-9,11,13,19-20H,10,12,14-16H2,1-3H3,(H,30,31,34)/t19-,20?/m0/s1. The molecular weight excluding hydrogens is 472 g/mol. The quantitative estimate of drug-likeness (QED) is 0.559. The minimum Gasteiger partial charge on any atom is -0.475 e. The molecule has 3 aliphatic rings. The fraction of sp³-hybridized carbons (Fsp3) is 0.407. The van der Waals surface area contributed by atoms with Gasteiger partial charge in [0.15, 0.2) is 11.6 Å². The van der Waals surface area contributed by atoms with Crippen LogP contribution < -0.4 is 19.9 Å². The number of rotatable bonds is 5. The molecule has 10 nitrogen and oxygen atoms in total. The Balaban J connectivity index is 1.21. The lowest BCUT2D eigenvalue weighted by atomic mass is 10.1. The number of carbonyl (C=O) groups excluding carboxylic acids is 1. The number of hydrogen-bond donors (Lipinski definition) is 1. The van der Waals surface area contributed by atoms with E-state index in [1.165, 1.54) is 0 Å². The van der Waals surface area contributed by atoms with Crippen LogP contribution in [0.5, 0.6) is 5.88 Å². The van der Waals surface area contributed by atoms with Gasteiger partial charge in [0.2, 0.25) is 5.88 Å². The van der Waals surface area contributed by atoms with E-state index in [0.29, 0.717) is 30.7 Å². The fourth-order valence-corrected chi connectivity index (χ4v) is 5.10. The van der Waals surface area contributed by atoms with Crippen LogP contribution >= 0.6 is 0 Å². The molecule has 3 aliphatic heterocycles. The summed E-state index contributed by atoms with van der Waals surface area (Å²) in [6, 6.07) is 13.1. The zero-order chi connectivity index (χ0) is 25.6. The highest BCUT2D eigenvalue weighted by atomic mass is 16.7. The molecule has 3 aromatic heterocycles. The molecule has 192 valence electrons. The van der Waals surface area contributed by atoms with Gasteiger partial charge in [0.25, 0.3) is 0 Å². The predicted octanol–water partition coefficient (Wildman–Crippen LogP) is 4.01. The Morgan fingerprint density at radius 3 is 2.92 bits per heavy atom. The van der Waals surface area contributed by atoms with Crippen molar-refractivity contribution in [3.63, 3.8) is 0 Å². The maximum atomic E-state index is 13.6. The Labute approximate surface area is 215 Å². The van der Waals surface area contributed by atoms with Gasteiger partial charge in [-0.2, -0.15) is 4.98 Å². The largest absolute Gasteiger partial charge is 0.475 e. The van der Waals surface area contributed by atoms with Crippen molar-refractivity contribution in [2.45, 2.75) is 45.1 Å². The Hall–Kier alpha value is -3.76. The molecule has 1 N–H and O–H groups in total. The normalized spacial score (nSPS) is 21.6. The van der Waals surface area contributed by atoms with Gasteiger partial charge in [0, 0.05) is 36.6 Å². The van der Waals surface area contributed by atoms with Crippen LogP contribution in [-0.4, -0.2) is 65.2 Å². The average Bonchev–Trinajstić information content (AvgIpc) is 3.46. The third-order valence-electron chi connectivity index (χ3n) is 6.81. The number of urea groups is 1. The number of hydrogen-bond acceptors (Lipinski definition) is 8. The number of aryl methyl sites for hydroxylation is 1. The van der Waals surface area contributed by atoms with Crippen molar-refractivity contribution in [2.24, 2.45) is 0 Å². The van der Waals surface area contributed by atoms with Gasteiger partial charge in [-0.15, -0.1) is 0 Å². The number of carbonyl (C=O) groups is 1. The molecule has 1 unspecified atom stereocenters. The van der Waals surface area contributed by atoms with Crippen molar-refractivity contribution in [3.05, 3.63) is 54.4 Å². The molecule has 6 rings (SSSR count). The topological polar surface area (TPSA) is 102 Å². The molecule has 6 heterocycles. The van der Waals surface area contributed by atoms with E-state index in [1.807, 2.05) is 39.0 Å². The molecule has 2 amide bonds. The van der Waals surface area contributed by atoms with Gasteiger partial charge >= 0.3 is 6.03 Å². The number of aromatic nitrogens is 3. The third kappa shape index (κ3) is 4.82. The summed E-state index contributed by atoms with van der Waals surface area (Å²) in [6.07, 6.45) is 2.48. The molecule has 0 aromatic carbocycles. The van der Waals surface area contributed by atoms with Crippen molar-refractivity contribution < 1.29 is 19.0 Å². The maximum Gasteiger partial charge on any atom is 0.329 e. The molecule has 0 saturated carbocycles. The van der Waals surface area contributed by atoms with E-state index >= 15 is 0 Å². The van der Waals surface area contributed by atoms with Gasteiger partial charge in [-0.1, -0.05) is 6.07 Å². The zero-order valence-corrected chi connectivity index (χ0v) is 21.2. The van der Waals surface area contributed by atoms with Gasteiger partial charge in [-0.25, -0.2) is 9.78 Å². The molecule has 0 aliphatic carbocycles. The van der Waals surface area contributed by atoms with Crippen LogP contribution in [0.1, 0.15) is 26.0 Å². The van der Waals surface area contributed by atoms with Crippen LogP contribution in [0.15, 0.2) is 48.7 Å². The summed E-state index contributed by atoms with van der Waals surface area (Å²) in [5.41, 5.74) is 3.65. The van der Waals surface area contributed by atoms with Gasteiger partial charge in [0.05, 0.1) is 24.0 Å². The molecule has 0 radical (unpaired) electrons. The van der Waals surface area contributed by atoms with E-state index < -0.39 is 5.79 Å². The monoisotopic (exact) mass is 502 g/mol. The SMILES string of the molecule is Cc1cc(-c2ccc3c(n2)N(C(=O)Nc2cccc(OCC4COC(C)(C)O4)n2)[C@H]2CCN3C2)ccn1. The van der Waals surface area contributed by atoms with Crippen molar-refractivity contribution in [1.82, 2.24) is 15.0 Å². The summed E-state index contributed by atoms with van der Waals surface area (Å²) < 4.78 is 17.2. The maximum absolute atomic E-state index is 13.6. The van der Waals surface area contributed by atoms with E-state index in [2.05, 4.69) is 26.3 Å². The van der Waals surface area contributed by atoms with E-state index in [1.54, 1.807) is 29.3 Å². The van der Waals surface area contributed by atoms with E-state index in [0.717, 1.165) is 42.1 Å². The summed E-state index contributed by atoms with van der Waals surface area (Å²) >= 11 is 0. The van der Waals surface area contributed by atoms with Gasteiger partial charge in [-0.3, -0.25) is 15.2 Å². The number of amides is 2. The molecular formula is C27H30N6O4. The molecule has 2 bridgehead atoms. The van der Waals surface area contributed by atoms with Crippen molar-refractivity contribution >= 4 is 23.4 Å². The Morgan fingerprint density at radius 1 is 1.22 bits per heavy atom. The summed E-state index contributed by atoms with van der Waals surface area (Å²) in [6.45, 7) is 8.15. The van der Waals surface area contributed by atoms with E-state index in [4.69, 9.17) is 19.2 Å². The smallest absolute Gasteiger partial charge is 0.329 e. The van der Waals surface area contributed by atoms with Crippen LogP contribution in [-0.2, 0) is 9.47 Å². The van der Waals surface area contributed by atoms with E-state index in [-0.39, 0.29) is 18.2 Å². The number of anilines is 3. The lowest BCUT2D eigenvalue weighted by Gasteiger charge is -2.35. The molecule has 0 spiro atoms. The number of ether oxygens (including phenoxy) is 3. The highest BCUT2D eigenvalue weighted by molar-refractivity contribution is 6.04. The molecule has 10 heteroatoms. The molecule has 2 saturated heterocycles. The molecule has 37 heavy (non-hydrogen) atoms. The lowest BCUT2D eigenvalue weighted by molar-refractivity contribution is -0.141. The van der Waals surface area contributed by atoms with Crippen LogP contribution in [0.4, 0.5) is 22.1 Å². The van der Waals surface area contributed by atoms with Gasteiger partial charge in [0.1, 0.15) is 18.5 Å². The minimum absolute atomic E-state index is 0.0386. The molecule has 2 fully saturated rings. The van der Waals surface area contributed by atoms with Crippen LogP contribution in [0.25, 0.3) is 11.3 Å². The number of nitrogens with zero attached hydrogens (tertiary/aromatic N) is 5. The highest BCUT2D eigenvalue weighted by Crippen LogP contribution is 2.40. The summed E-state index contributed by atoms with van der Waals surface area (Å²) in [4.78, 5) is 31.4. The summed E-state index contributed by atoms with van der Waals surface area (Å²) in [7, 11) is 0. The zero-order valence-electron chi connectivity index (χ0n) is 21.2. The first-order chi connectivity index (χ1) is 17.8. The number of nitrogens with one attached hydrogen (secondary N) is 1. The van der Waals surface area contributed by atoms with E-state index in [9.17, 15) is 4.79 Å². The lowest BCUT2D eigenvalue weighted by Crippen LogP contribution is -2.48. The van der Waals surface area contributed by atoms with Crippen molar-refractivity contribution in [3.8, 4) is 17.1 Å². The predicted molar refractivity (Wildman–Crippen MR) is 139 cm³/mol. The summed E-state index contributed by atoms with van der Waals surface area (Å²) in [5, 5.41) is 2.96. The molecule has 2 atom stereocenters. The second-order valence-corrected chi connectivity index (χ2v) is 10.0. The second-order valence-electron chi connectivity index (χ2n) is 10.0. The number of fused-ring (bicyclic) bond motifs is 4. The Morgan fingerprint density at radius 2 is 2.11 bits per heavy atom. The van der Waals surface area contributed by atoms with Crippen LogP contribution in [0, 0.1) is 6.92 Å². The fourth-order valence-electron chi connectivity index (χ4n) is 5.10. The summed E-state index contributed by atoms with van der Waals surface area (Å²) in [5.74, 6) is 0.869. The first-order valence-corrected chi connectivity index (χ1v) is 12.6. The minimum atomic E-state index is -0.609. The third-order valence-corrected chi connectivity index (χ3v) is 6.81. The first-order valence-electron chi connectivity index (χ1n) is 12.6. The van der Waals surface area contributed by atoms with Gasteiger partial charge < -0.3 is 19.1 Å². The first kappa shape index (κ1) is 23.6. The van der Waals surface area contributed by atoms with Gasteiger partial charge in [-0.05, 0) is 57.5 Å². The Bertz CT molecular complexity index is 1330. The average molecular weight is 503 g/mol. The number of pyridine rings is 3. The van der Waals surface area contributed by atoms with Crippen LogP contribution in [0.3, 0.4) is 0 Å². The van der Waals surface area contributed by atoms with Crippen LogP contribution in [0.2, 0.25) is 0 Å². The second kappa shape index (κ2) is 9.28. The molecule has 3 aromatic rings. The highest BCUT2D eigenvalue weighted by Gasteiger charge is 2.40. The van der Waals surface area contributed by atoms with Crippen molar-refractivity contribution in [1.29, 1.82) is 0 Å². The Kier molecular flexibility index (Phi) is 5.92. The van der Waals surface area contributed by atoms with Crippen molar-refractivity contribution in [2.75, 3.05) is 41.4 Å².